The Bertz CT molecular complexity index is 1150. The van der Waals surface area contributed by atoms with E-state index in [1.54, 1.807) is 47.9 Å². The lowest BCUT2D eigenvalue weighted by molar-refractivity contribution is 0.0601. The van der Waals surface area contributed by atoms with Crippen LogP contribution in [0.15, 0.2) is 39.7 Å². The van der Waals surface area contributed by atoms with E-state index in [9.17, 15) is 10.1 Å². The van der Waals surface area contributed by atoms with Crippen LogP contribution in [-0.4, -0.2) is 19.3 Å². The van der Waals surface area contributed by atoms with E-state index in [4.69, 9.17) is 20.8 Å². The minimum atomic E-state index is -0.467. The quantitative estimate of drug-likeness (QED) is 0.383. The maximum atomic E-state index is 12.0. The summed E-state index contributed by atoms with van der Waals surface area (Å²) < 4.78 is 10.7. The Kier molecular flexibility index (Phi) is 5.52. The summed E-state index contributed by atoms with van der Waals surface area (Å²) in [7, 11) is 1.33. The highest BCUT2D eigenvalue weighted by molar-refractivity contribution is 7.16. The fourth-order valence-electron chi connectivity index (χ4n) is 3.46. The van der Waals surface area contributed by atoms with Crippen molar-refractivity contribution in [1.29, 1.82) is 5.26 Å². The van der Waals surface area contributed by atoms with Gasteiger partial charge >= 0.3 is 5.97 Å². The number of halogens is 1. The molecule has 4 rings (SSSR count). The second-order valence-corrected chi connectivity index (χ2v) is 8.16. The average molecular weight is 425 g/mol. The molecule has 0 radical (unpaired) electrons. The van der Waals surface area contributed by atoms with Crippen molar-refractivity contribution < 1.29 is 13.9 Å². The summed E-state index contributed by atoms with van der Waals surface area (Å²) in [4.78, 5) is 17.8. The van der Waals surface area contributed by atoms with Gasteiger partial charge in [-0.05, 0) is 61.6 Å². The highest BCUT2D eigenvalue weighted by atomic mass is 35.5. The molecule has 1 aromatic carbocycles. The molecule has 0 aliphatic heterocycles. The van der Waals surface area contributed by atoms with Gasteiger partial charge < -0.3 is 9.15 Å². The number of fused-ring (bicyclic) bond motifs is 1. The third-order valence-corrected chi connectivity index (χ3v) is 6.29. The number of aryl methyl sites for hydroxylation is 1. The predicted molar refractivity (Wildman–Crippen MR) is 113 cm³/mol. The third kappa shape index (κ3) is 3.84. The minimum Gasteiger partial charge on any atom is -0.465 e. The number of carbonyl (C=O) groups excluding carboxylic acids is 1. The first-order chi connectivity index (χ1) is 14.1. The lowest BCUT2D eigenvalue weighted by atomic mass is 9.96. The van der Waals surface area contributed by atoms with Gasteiger partial charge in [-0.25, -0.2) is 9.79 Å². The van der Waals surface area contributed by atoms with Crippen molar-refractivity contribution in [2.45, 2.75) is 25.7 Å². The van der Waals surface area contributed by atoms with Gasteiger partial charge in [0.1, 0.15) is 22.6 Å². The van der Waals surface area contributed by atoms with E-state index in [1.165, 1.54) is 12.0 Å². The van der Waals surface area contributed by atoms with Crippen molar-refractivity contribution >= 4 is 40.1 Å². The van der Waals surface area contributed by atoms with Gasteiger partial charge in [0, 0.05) is 15.5 Å². The number of nitriles is 1. The van der Waals surface area contributed by atoms with Gasteiger partial charge in [-0.2, -0.15) is 5.26 Å². The Morgan fingerprint density at radius 1 is 1.31 bits per heavy atom. The number of nitrogens with zero attached hydrogens (tertiary/aromatic N) is 2. The van der Waals surface area contributed by atoms with E-state index in [1.807, 2.05) is 0 Å². The molecule has 146 valence electrons. The minimum absolute atomic E-state index is 0.368. The third-order valence-electron chi connectivity index (χ3n) is 4.85. The number of carbonyl (C=O) groups is 1. The van der Waals surface area contributed by atoms with Crippen LogP contribution in [0.25, 0.3) is 11.3 Å². The Labute approximate surface area is 177 Å². The maximum Gasteiger partial charge on any atom is 0.338 e. The van der Waals surface area contributed by atoms with E-state index < -0.39 is 5.97 Å². The summed E-state index contributed by atoms with van der Waals surface area (Å²) in [6.45, 7) is 0. The molecule has 2 aromatic heterocycles. The predicted octanol–water partition coefficient (Wildman–Crippen LogP) is 5.95. The molecule has 0 amide bonds. The smallest absolute Gasteiger partial charge is 0.338 e. The number of esters is 1. The number of methoxy groups -OCH3 is 1. The molecule has 0 spiro atoms. The molecule has 7 heteroatoms. The standard InChI is InChI=1S/C22H17ClN2O3S/c1-27-22(26)16-8-6-13(23)10-17(16)19-9-7-14(28-19)12-25-21-18(11-24)15-4-2-3-5-20(15)29-21/h6-10,12H,2-5H2,1H3. The molecule has 1 aliphatic carbocycles. The van der Waals surface area contributed by atoms with Gasteiger partial charge in [0.15, 0.2) is 0 Å². The molecule has 0 bridgehead atoms. The molecule has 29 heavy (non-hydrogen) atoms. The van der Waals surface area contributed by atoms with E-state index in [-0.39, 0.29) is 0 Å². The van der Waals surface area contributed by atoms with Gasteiger partial charge in [-0.15, -0.1) is 11.3 Å². The first-order valence-electron chi connectivity index (χ1n) is 9.17. The zero-order valence-corrected chi connectivity index (χ0v) is 17.3. The molecular formula is C22H17ClN2O3S. The molecule has 3 aromatic rings. The van der Waals surface area contributed by atoms with Gasteiger partial charge in [0.25, 0.3) is 0 Å². The number of thiophene rings is 1. The lowest BCUT2D eigenvalue weighted by Gasteiger charge is -2.09. The van der Waals surface area contributed by atoms with Crippen molar-refractivity contribution in [2.75, 3.05) is 7.11 Å². The van der Waals surface area contributed by atoms with Crippen molar-refractivity contribution in [3.8, 4) is 17.4 Å². The number of ether oxygens (including phenoxy) is 1. The number of furan rings is 1. The van der Waals surface area contributed by atoms with Crippen molar-refractivity contribution in [2.24, 2.45) is 4.99 Å². The number of hydrogen-bond acceptors (Lipinski definition) is 6. The van der Waals surface area contributed by atoms with E-state index >= 15 is 0 Å². The molecule has 0 fully saturated rings. The van der Waals surface area contributed by atoms with Gasteiger partial charge in [0.2, 0.25) is 0 Å². The zero-order valence-electron chi connectivity index (χ0n) is 15.7. The van der Waals surface area contributed by atoms with Crippen LogP contribution >= 0.6 is 22.9 Å². The monoisotopic (exact) mass is 424 g/mol. The SMILES string of the molecule is COC(=O)c1ccc(Cl)cc1-c1ccc(C=Nc2sc3c(c2C#N)CCCC3)o1. The Balaban J connectivity index is 1.65. The second-order valence-electron chi connectivity index (χ2n) is 6.64. The van der Waals surface area contributed by atoms with Crippen LogP contribution in [-0.2, 0) is 17.6 Å². The summed E-state index contributed by atoms with van der Waals surface area (Å²) >= 11 is 7.68. The number of benzene rings is 1. The Morgan fingerprint density at radius 3 is 2.93 bits per heavy atom. The Hall–Kier alpha value is -2.88. The summed E-state index contributed by atoms with van der Waals surface area (Å²) in [5.74, 6) is 0.539. The number of aliphatic imine (C=N–C) groups is 1. The first-order valence-corrected chi connectivity index (χ1v) is 10.4. The summed E-state index contributed by atoms with van der Waals surface area (Å²) in [5.41, 5.74) is 2.74. The molecule has 0 atom stereocenters. The molecule has 5 nitrogen and oxygen atoms in total. The summed E-state index contributed by atoms with van der Waals surface area (Å²) in [6, 6.07) is 10.7. The van der Waals surface area contributed by atoms with E-state index in [0.29, 0.717) is 33.2 Å². The lowest BCUT2D eigenvalue weighted by Crippen LogP contribution is -2.03. The number of rotatable bonds is 4. The fourth-order valence-corrected chi connectivity index (χ4v) is 4.81. The highest BCUT2D eigenvalue weighted by Gasteiger charge is 2.20. The Morgan fingerprint density at radius 2 is 2.14 bits per heavy atom. The molecule has 0 unspecified atom stereocenters. The van der Waals surface area contributed by atoms with Crippen molar-refractivity contribution in [3.63, 3.8) is 0 Å². The fraction of sp³-hybridized carbons (Fsp3) is 0.227. The normalized spacial score (nSPS) is 13.3. The van der Waals surface area contributed by atoms with Gasteiger partial charge in [0.05, 0.1) is 24.5 Å². The topological polar surface area (TPSA) is 75.6 Å². The molecule has 2 heterocycles. The molecule has 1 aliphatic rings. The van der Waals surface area contributed by atoms with Gasteiger partial charge in [-0.1, -0.05) is 11.6 Å². The van der Waals surface area contributed by atoms with Crippen molar-refractivity contribution in [3.05, 3.63) is 62.7 Å². The van der Waals surface area contributed by atoms with Crippen LogP contribution in [0.4, 0.5) is 5.00 Å². The van der Waals surface area contributed by atoms with Crippen LogP contribution < -0.4 is 0 Å². The summed E-state index contributed by atoms with van der Waals surface area (Å²) in [5, 5.41) is 10.8. The van der Waals surface area contributed by atoms with Gasteiger partial charge in [-0.3, -0.25) is 0 Å². The zero-order chi connectivity index (χ0) is 20.4. The second kappa shape index (κ2) is 8.24. The molecule has 0 saturated heterocycles. The molecule has 0 saturated carbocycles. The highest BCUT2D eigenvalue weighted by Crippen LogP contribution is 2.39. The number of hydrogen-bond donors (Lipinski definition) is 0. The first kappa shape index (κ1) is 19.4. The van der Waals surface area contributed by atoms with Crippen molar-refractivity contribution in [1.82, 2.24) is 0 Å². The maximum absolute atomic E-state index is 12.0. The molecule has 0 N–H and O–H groups in total. The summed E-state index contributed by atoms with van der Waals surface area (Å²) in [6.07, 6.45) is 5.83. The van der Waals surface area contributed by atoms with Crippen LogP contribution in [0.1, 0.15) is 45.0 Å². The van der Waals surface area contributed by atoms with E-state index in [2.05, 4.69) is 11.1 Å². The van der Waals surface area contributed by atoms with Crippen LogP contribution in [0.5, 0.6) is 0 Å². The largest absolute Gasteiger partial charge is 0.465 e. The van der Waals surface area contributed by atoms with Crippen LogP contribution in [0, 0.1) is 11.3 Å². The molecular weight excluding hydrogens is 408 g/mol. The van der Waals surface area contributed by atoms with Crippen LogP contribution in [0.2, 0.25) is 5.02 Å². The average Bonchev–Trinajstić information content (AvgIpc) is 3.35. The van der Waals surface area contributed by atoms with E-state index in [0.717, 1.165) is 36.2 Å². The van der Waals surface area contributed by atoms with Crippen LogP contribution in [0.3, 0.4) is 0 Å².